The summed E-state index contributed by atoms with van der Waals surface area (Å²) in [6, 6.07) is 3.60. The van der Waals surface area contributed by atoms with Gasteiger partial charge in [-0.2, -0.15) is 4.72 Å². The number of carbonyl (C=O) groups is 3. The Morgan fingerprint density at radius 2 is 1.70 bits per heavy atom. The molecule has 3 N–H and O–H groups in total. The molecule has 11 nitrogen and oxygen atoms in total. The van der Waals surface area contributed by atoms with E-state index in [2.05, 4.69) is 10.0 Å². The fourth-order valence-corrected chi connectivity index (χ4v) is 3.48. The molecule has 1 aromatic rings. The van der Waals surface area contributed by atoms with Gasteiger partial charge >= 0.3 is 12.0 Å². The van der Waals surface area contributed by atoms with Gasteiger partial charge in [-0.3, -0.25) is 14.9 Å². The van der Waals surface area contributed by atoms with Gasteiger partial charge in [0.25, 0.3) is 5.91 Å². The van der Waals surface area contributed by atoms with Crippen LogP contribution in [0, 0.1) is 5.92 Å². The molecule has 0 saturated carbocycles. The molecule has 0 spiro atoms. The molecule has 1 atom stereocenters. The molecule has 0 aliphatic rings. The number of amides is 3. The van der Waals surface area contributed by atoms with Gasteiger partial charge in [-0.1, -0.05) is 13.8 Å². The van der Waals surface area contributed by atoms with E-state index in [1.807, 2.05) is 5.32 Å². The van der Waals surface area contributed by atoms with E-state index < -0.39 is 46.5 Å². The van der Waals surface area contributed by atoms with Crippen molar-refractivity contribution in [2.75, 3.05) is 34.0 Å². The third kappa shape index (κ3) is 8.35. The van der Waals surface area contributed by atoms with Crippen molar-refractivity contribution < 1.29 is 37.0 Å². The number of carbonyl (C=O) groups excluding carboxylic acids is 3. The lowest BCUT2D eigenvalue weighted by atomic mass is 10.1. The van der Waals surface area contributed by atoms with Crippen LogP contribution >= 0.6 is 0 Å². The highest BCUT2D eigenvalue weighted by Gasteiger charge is 2.30. The normalized spacial score (nSPS) is 12.2. The number of urea groups is 1. The lowest BCUT2D eigenvalue weighted by molar-refractivity contribution is -0.150. The molecular weight excluding hydrogens is 418 g/mol. The van der Waals surface area contributed by atoms with E-state index >= 15 is 0 Å². The largest absolute Gasteiger partial charge is 0.497 e. The van der Waals surface area contributed by atoms with E-state index in [1.54, 1.807) is 13.8 Å². The van der Waals surface area contributed by atoms with Gasteiger partial charge in [0.15, 0.2) is 6.61 Å². The Kier molecular flexibility index (Phi) is 10.2. The van der Waals surface area contributed by atoms with Crippen LogP contribution in [0.2, 0.25) is 0 Å². The summed E-state index contributed by atoms with van der Waals surface area (Å²) in [6.07, 6.45) is 0. The van der Waals surface area contributed by atoms with Crippen LogP contribution in [-0.4, -0.2) is 66.3 Å². The van der Waals surface area contributed by atoms with Crippen LogP contribution in [-0.2, 0) is 29.1 Å². The Morgan fingerprint density at radius 1 is 1.07 bits per heavy atom. The standard InChI is InChI=1S/C18H27N3O8S/c1-12(2)16(21-30(25,26)14-7-5-13(28-4)6-8-14)17(23)29-11-15(22)20-18(24)19-9-10-27-3/h5-8,12,16,21H,9-11H2,1-4H3,(H2,19,20,22,24)/t16-/m0/s1. The van der Waals surface area contributed by atoms with Gasteiger partial charge in [-0.25, -0.2) is 13.2 Å². The lowest BCUT2D eigenvalue weighted by Crippen LogP contribution is -2.47. The summed E-state index contributed by atoms with van der Waals surface area (Å²) < 4.78 is 42.0. The molecule has 0 fully saturated rings. The van der Waals surface area contributed by atoms with Gasteiger partial charge in [0.2, 0.25) is 10.0 Å². The number of rotatable bonds is 11. The number of esters is 1. The fourth-order valence-electron chi connectivity index (χ4n) is 2.15. The summed E-state index contributed by atoms with van der Waals surface area (Å²) in [5.41, 5.74) is 0. The molecule has 0 aliphatic heterocycles. The molecule has 1 aromatic carbocycles. The average molecular weight is 445 g/mol. The number of hydrogen-bond acceptors (Lipinski definition) is 8. The molecule has 12 heteroatoms. The number of imide groups is 1. The van der Waals surface area contributed by atoms with E-state index in [1.165, 1.54) is 38.5 Å². The number of sulfonamides is 1. The summed E-state index contributed by atoms with van der Waals surface area (Å²) in [6.45, 7) is 2.94. The Labute approximate surface area is 175 Å². The van der Waals surface area contributed by atoms with E-state index in [4.69, 9.17) is 14.2 Å². The number of hydrogen-bond donors (Lipinski definition) is 3. The number of nitrogens with one attached hydrogen (secondary N) is 3. The smallest absolute Gasteiger partial charge is 0.324 e. The van der Waals surface area contributed by atoms with Gasteiger partial charge in [-0.05, 0) is 30.2 Å². The molecule has 0 aliphatic carbocycles. The first-order valence-corrected chi connectivity index (χ1v) is 10.5. The maximum absolute atomic E-state index is 12.6. The first kappa shape index (κ1) is 25.3. The van der Waals surface area contributed by atoms with Gasteiger partial charge in [0.1, 0.15) is 11.8 Å². The van der Waals surface area contributed by atoms with Crippen LogP contribution < -0.4 is 20.1 Å². The quantitative estimate of drug-likeness (QED) is 0.319. The maximum atomic E-state index is 12.6. The van der Waals surface area contributed by atoms with Crippen molar-refractivity contribution in [3.63, 3.8) is 0 Å². The van der Waals surface area contributed by atoms with E-state index in [-0.39, 0.29) is 18.0 Å². The zero-order valence-electron chi connectivity index (χ0n) is 17.3. The zero-order chi connectivity index (χ0) is 22.7. The molecule has 0 bridgehead atoms. The van der Waals surface area contributed by atoms with Crippen LogP contribution in [0.3, 0.4) is 0 Å². The highest BCUT2D eigenvalue weighted by atomic mass is 32.2. The molecular formula is C18H27N3O8S. The second-order valence-electron chi connectivity index (χ2n) is 6.42. The van der Waals surface area contributed by atoms with Crippen LogP contribution in [0.25, 0.3) is 0 Å². The van der Waals surface area contributed by atoms with Crippen molar-refractivity contribution in [1.82, 2.24) is 15.4 Å². The average Bonchev–Trinajstić information content (AvgIpc) is 2.70. The molecule has 1 rings (SSSR count). The third-order valence-electron chi connectivity index (χ3n) is 3.76. The molecule has 0 saturated heterocycles. The maximum Gasteiger partial charge on any atom is 0.324 e. The molecule has 0 radical (unpaired) electrons. The summed E-state index contributed by atoms with van der Waals surface area (Å²) in [5, 5.41) is 4.34. The van der Waals surface area contributed by atoms with Crippen molar-refractivity contribution in [3.05, 3.63) is 24.3 Å². The lowest BCUT2D eigenvalue weighted by Gasteiger charge is -2.20. The number of benzene rings is 1. The number of methoxy groups -OCH3 is 2. The molecule has 0 heterocycles. The van der Waals surface area contributed by atoms with Crippen LogP contribution in [0.5, 0.6) is 5.75 Å². The topological polar surface area (TPSA) is 149 Å². The molecule has 168 valence electrons. The highest BCUT2D eigenvalue weighted by Crippen LogP contribution is 2.17. The van der Waals surface area contributed by atoms with Crippen molar-refractivity contribution in [1.29, 1.82) is 0 Å². The van der Waals surface area contributed by atoms with Crippen LogP contribution in [0.15, 0.2) is 29.2 Å². The summed E-state index contributed by atoms with van der Waals surface area (Å²) in [5.74, 6) is -1.80. The van der Waals surface area contributed by atoms with Crippen molar-refractivity contribution in [3.8, 4) is 5.75 Å². The predicted molar refractivity (Wildman–Crippen MR) is 106 cm³/mol. The van der Waals surface area contributed by atoms with Crippen LogP contribution in [0.1, 0.15) is 13.8 Å². The van der Waals surface area contributed by atoms with Gasteiger partial charge in [0.05, 0.1) is 18.6 Å². The summed E-state index contributed by atoms with van der Waals surface area (Å²) >= 11 is 0. The first-order valence-electron chi connectivity index (χ1n) is 9.00. The SMILES string of the molecule is COCCNC(=O)NC(=O)COC(=O)[C@@H](NS(=O)(=O)c1ccc(OC)cc1)C(C)C. The molecule has 0 aromatic heterocycles. The van der Waals surface area contributed by atoms with Crippen molar-refractivity contribution in [2.24, 2.45) is 5.92 Å². The van der Waals surface area contributed by atoms with Gasteiger partial charge in [0, 0.05) is 13.7 Å². The minimum absolute atomic E-state index is 0.0628. The Bertz CT molecular complexity index is 824. The Hall–Kier alpha value is -2.70. The Morgan fingerprint density at radius 3 is 2.23 bits per heavy atom. The molecule has 0 unspecified atom stereocenters. The minimum Gasteiger partial charge on any atom is -0.497 e. The predicted octanol–water partition coefficient (Wildman–Crippen LogP) is 0.0135. The highest BCUT2D eigenvalue weighted by molar-refractivity contribution is 7.89. The minimum atomic E-state index is -4.03. The zero-order valence-corrected chi connectivity index (χ0v) is 18.1. The van der Waals surface area contributed by atoms with Crippen molar-refractivity contribution in [2.45, 2.75) is 24.8 Å². The van der Waals surface area contributed by atoms with Crippen LogP contribution in [0.4, 0.5) is 4.79 Å². The second kappa shape index (κ2) is 12.1. The third-order valence-corrected chi connectivity index (χ3v) is 5.22. The number of ether oxygens (including phenoxy) is 3. The van der Waals surface area contributed by atoms with Gasteiger partial charge in [-0.15, -0.1) is 0 Å². The van der Waals surface area contributed by atoms with Crippen molar-refractivity contribution >= 4 is 27.9 Å². The van der Waals surface area contributed by atoms with E-state index in [9.17, 15) is 22.8 Å². The Balaban J connectivity index is 2.67. The fraction of sp³-hybridized carbons (Fsp3) is 0.500. The van der Waals surface area contributed by atoms with E-state index in [0.29, 0.717) is 5.75 Å². The monoisotopic (exact) mass is 445 g/mol. The van der Waals surface area contributed by atoms with E-state index in [0.717, 1.165) is 0 Å². The summed E-state index contributed by atoms with van der Waals surface area (Å²) in [4.78, 5) is 35.5. The first-order chi connectivity index (χ1) is 14.1. The second-order valence-corrected chi connectivity index (χ2v) is 8.14. The molecule has 30 heavy (non-hydrogen) atoms. The van der Waals surface area contributed by atoms with Gasteiger partial charge < -0.3 is 19.5 Å². The molecule has 3 amide bonds. The summed E-state index contributed by atoms with van der Waals surface area (Å²) in [7, 11) is -1.12.